The van der Waals surface area contributed by atoms with Crippen molar-refractivity contribution >= 4 is 23.3 Å². The van der Waals surface area contributed by atoms with E-state index >= 15 is 0 Å². The molecule has 0 aliphatic carbocycles. The fraction of sp³-hybridized carbons (Fsp3) is 0.409. The number of benzene rings is 1. The van der Waals surface area contributed by atoms with Gasteiger partial charge >= 0.3 is 0 Å². The SMILES string of the molecule is CNC(=O)c1ccc(N2CCCc3cc(C(=O)N4CCCCC4)cnc32)cc1. The van der Waals surface area contributed by atoms with Gasteiger partial charge in [-0.05, 0) is 68.0 Å². The Morgan fingerprint density at radius 3 is 2.43 bits per heavy atom. The summed E-state index contributed by atoms with van der Waals surface area (Å²) in [6.45, 7) is 2.57. The Balaban J connectivity index is 1.58. The molecule has 2 amide bonds. The van der Waals surface area contributed by atoms with Crippen molar-refractivity contribution in [1.29, 1.82) is 0 Å². The first kappa shape index (κ1) is 18.5. The van der Waals surface area contributed by atoms with Crippen molar-refractivity contribution in [3.05, 3.63) is 53.2 Å². The summed E-state index contributed by atoms with van der Waals surface area (Å²) < 4.78 is 0. The normalized spacial score (nSPS) is 16.5. The Morgan fingerprint density at radius 1 is 0.964 bits per heavy atom. The first-order chi connectivity index (χ1) is 13.7. The van der Waals surface area contributed by atoms with Crippen LogP contribution in [0.5, 0.6) is 0 Å². The van der Waals surface area contributed by atoms with Crippen LogP contribution in [-0.4, -0.2) is 48.4 Å². The van der Waals surface area contributed by atoms with Crippen LogP contribution in [-0.2, 0) is 6.42 Å². The highest BCUT2D eigenvalue weighted by molar-refractivity contribution is 5.95. The van der Waals surface area contributed by atoms with E-state index in [0.29, 0.717) is 11.1 Å². The number of likely N-dealkylation sites (tertiary alicyclic amines) is 1. The zero-order valence-corrected chi connectivity index (χ0v) is 16.3. The van der Waals surface area contributed by atoms with E-state index in [4.69, 9.17) is 0 Å². The van der Waals surface area contributed by atoms with Crippen LogP contribution < -0.4 is 10.2 Å². The van der Waals surface area contributed by atoms with E-state index in [1.165, 1.54) is 6.42 Å². The fourth-order valence-corrected chi connectivity index (χ4v) is 4.05. The second-order valence-corrected chi connectivity index (χ2v) is 7.44. The number of pyridine rings is 1. The van der Waals surface area contributed by atoms with E-state index < -0.39 is 0 Å². The van der Waals surface area contributed by atoms with Gasteiger partial charge in [-0.2, -0.15) is 0 Å². The lowest BCUT2D eigenvalue weighted by molar-refractivity contribution is 0.0723. The monoisotopic (exact) mass is 378 g/mol. The van der Waals surface area contributed by atoms with E-state index in [9.17, 15) is 9.59 Å². The number of rotatable bonds is 3. The molecule has 2 aromatic rings. The van der Waals surface area contributed by atoms with Gasteiger partial charge in [-0.25, -0.2) is 4.98 Å². The molecule has 1 aromatic heterocycles. The lowest BCUT2D eigenvalue weighted by Crippen LogP contribution is -2.36. The van der Waals surface area contributed by atoms with E-state index in [2.05, 4.69) is 15.2 Å². The van der Waals surface area contributed by atoms with Crippen molar-refractivity contribution < 1.29 is 9.59 Å². The van der Waals surface area contributed by atoms with Crippen molar-refractivity contribution in [2.24, 2.45) is 0 Å². The molecule has 0 spiro atoms. The van der Waals surface area contributed by atoms with Gasteiger partial charge in [-0.3, -0.25) is 9.59 Å². The zero-order valence-electron chi connectivity index (χ0n) is 16.3. The minimum atomic E-state index is -0.0930. The third-order valence-corrected chi connectivity index (χ3v) is 5.58. The molecular weight excluding hydrogens is 352 g/mol. The fourth-order valence-electron chi connectivity index (χ4n) is 4.05. The second kappa shape index (κ2) is 8.00. The molecule has 1 aromatic carbocycles. The summed E-state index contributed by atoms with van der Waals surface area (Å²) in [5, 5.41) is 2.64. The molecule has 0 unspecified atom stereocenters. The molecule has 6 nitrogen and oxygen atoms in total. The van der Waals surface area contributed by atoms with E-state index in [0.717, 1.165) is 62.4 Å². The van der Waals surface area contributed by atoms with Crippen molar-refractivity contribution in [3.63, 3.8) is 0 Å². The smallest absolute Gasteiger partial charge is 0.255 e. The van der Waals surface area contributed by atoms with Gasteiger partial charge in [-0.15, -0.1) is 0 Å². The van der Waals surface area contributed by atoms with E-state index in [1.54, 1.807) is 13.2 Å². The molecule has 4 rings (SSSR count). The topological polar surface area (TPSA) is 65.5 Å². The molecule has 28 heavy (non-hydrogen) atoms. The maximum absolute atomic E-state index is 12.8. The molecule has 0 bridgehead atoms. The minimum Gasteiger partial charge on any atom is -0.355 e. The minimum absolute atomic E-state index is 0.0930. The maximum Gasteiger partial charge on any atom is 0.255 e. The summed E-state index contributed by atoms with van der Waals surface area (Å²) in [7, 11) is 1.63. The highest BCUT2D eigenvalue weighted by Crippen LogP contribution is 2.32. The van der Waals surface area contributed by atoms with Crippen molar-refractivity contribution in [3.8, 4) is 0 Å². The number of carbonyl (C=O) groups is 2. The van der Waals surface area contributed by atoms with Crippen molar-refractivity contribution in [1.82, 2.24) is 15.2 Å². The number of fused-ring (bicyclic) bond motifs is 1. The van der Waals surface area contributed by atoms with Gasteiger partial charge < -0.3 is 15.1 Å². The number of piperidine rings is 1. The van der Waals surface area contributed by atoms with Crippen LogP contribution in [0.15, 0.2) is 36.5 Å². The molecule has 2 aliphatic rings. The number of aryl methyl sites for hydroxylation is 1. The van der Waals surface area contributed by atoms with Crippen LogP contribution >= 0.6 is 0 Å². The summed E-state index contributed by atoms with van der Waals surface area (Å²) in [4.78, 5) is 33.3. The molecule has 1 saturated heterocycles. The standard InChI is InChI=1S/C22H26N4O2/c1-23-21(27)16-7-9-19(10-8-16)26-13-5-6-17-14-18(15-24-20(17)26)22(28)25-11-3-2-4-12-25/h7-10,14-15H,2-6,11-13H2,1H3,(H,23,27). The second-order valence-electron chi connectivity index (χ2n) is 7.44. The highest BCUT2D eigenvalue weighted by Gasteiger charge is 2.24. The van der Waals surface area contributed by atoms with Crippen molar-refractivity contribution in [2.75, 3.05) is 31.6 Å². The third kappa shape index (κ3) is 3.59. The summed E-state index contributed by atoms with van der Waals surface area (Å²) in [6.07, 6.45) is 7.03. The average Bonchev–Trinajstić information content (AvgIpc) is 2.78. The quantitative estimate of drug-likeness (QED) is 0.891. The number of aromatic nitrogens is 1. The average molecular weight is 378 g/mol. The number of hydrogen-bond acceptors (Lipinski definition) is 4. The van der Waals surface area contributed by atoms with Gasteiger partial charge in [-0.1, -0.05) is 0 Å². The Hall–Kier alpha value is -2.89. The predicted molar refractivity (Wildman–Crippen MR) is 109 cm³/mol. The first-order valence-corrected chi connectivity index (χ1v) is 10.1. The Bertz CT molecular complexity index is 873. The van der Waals surface area contributed by atoms with Crippen LogP contribution in [0.4, 0.5) is 11.5 Å². The summed E-state index contributed by atoms with van der Waals surface area (Å²) in [5.74, 6) is 0.917. The molecule has 0 radical (unpaired) electrons. The van der Waals surface area contributed by atoms with Gasteiger partial charge in [0.15, 0.2) is 0 Å². The number of nitrogens with zero attached hydrogens (tertiary/aromatic N) is 3. The first-order valence-electron chi connectivity index (χ1n) is 10.1. The summed E-state index contributed by atoms with van der Waals surface area (Å²) in [6, 6.07) is 9.58. The Kier molecular flexibility index (Phi) is 5.28. The lowest BCUT2D eigenvalue weighted by atomic mass is 10.0. The molecular formula is C22H26N4O2. The largest absolute Gasteiger partial charge is 0.355 e. The third-order valence-electron chi connectivity index (χ3n) is 5.58. The van der Waals surface area contributed by atoms with E-state index in [1.807, 2.05) is 35.2 Å². The Labute approximate surface area is 165 Å². The molecule has 0 atom stereocenters. The lowest BCUT2D eigenvalue weighted by Gasteiger charge is -2.31. The van der Waals surface area contributed by atoms with Gasteiger partial charge in [0, 0.05) is 44.1 Å². The summed E-state index contributed by atoms with van der Waals surface area (Å²) >= 11 is 0. The van der Waals surface area contributed by atoms with Gasteiger partial charge in [0.25, 0.3) is 11.8 Å². The molecule has 0 saturated carbocycles. The number of nitrogens with one attached hydrogen (secondary N) is 1. The molecule has 1 fully saturated rings. The van der Waals surface area contributed by atoms with Crippen LogP contribution in [0.1, 0.15) is 52.0 Å². The van der Waals surface area contributed by atoms with Gasteiger partial charge in [0.2, 0.25) is 0 Å². The molecule has 1 N–H and O–H groups in total. The van der Waals surface area contributed by atoms with Gasteiger partial charge in [0.1, 0.15) is 5.82 Å². The predicted octanol–water partition coefficient (Wildman–Crippen LogP) is 3.15. The molecule has 3 heterocycles. The molecule has 6 heteroatoms. The van der Waals surface area contributed by atoms with Crippen molar-refractivity contribution in [2.45, 2.75) is 32.1 Å². The number of anilines is 2. The highest BCUT2D eigenvalue weighted by atomic mass is 16.2. The van der Waals surface area contributed by atoms with E-state index in [-0.39, 0.29) is 11.8 Å². The number of carbonyl (C=O) groups excluding carboxylic acids is 2. The maximum atomic E-state index is 12.8. The zero-order chi connectivity index (χ0) is 19.5. The van der Waals surface area contributed by atoms with Crippen LogP contribution in [0.2, 0.25) is 0 Å². The molecule has 2 aliphatic heterocycles. The summed E-state index contributed by atoms with van der Waals surface area (Å²) in [5.41, 5.74) is 3.46. The van der Waals surface area contributed by atoms with Crippen LogP contribution in [0.3, 0.4) is 0 Å². The number of hydrogen-bond donors (Lipinski definition) is 1. The molecule has 146 valence electrons. The van der Waals surface area contributed by atoms with Crippen LogP contribution in [0.25, 0.3) is 0 Å². The Morgan fingerprint density at radius 2 is 1.71 bits per heavy atom. The number of amides is 2. The van der Waals surface area contributed by atoms with Gasteiger partial charge in [0.05, 0.1) is 5.56 Å². The van der Waals surface area contributed by atoms with Crippen LogP contribution in [0, 0.1) is 0 Å².